The fraction of sp³-hybridized carbons (Fsp3) is 0.308. The van der Waals surface area contributed by atoms with Crippen molar-refractivity contribution in [3.63, 3.8) is 0 Å². The highest BCUT2D eigenvalue weighted by atomic mass is 19.1. The molecular formula is C13H16FN5. The zero-order valence-corrected chi connectivity index (χ0v) is 10.7. The maximum Gasteiger partial charge on any atom is 0.244 e. The summed E-state index contributed by atoms with van der Waals surface area (Å²) < 4.78 is 12.8. The molecule has 19 heavy (non-hydrogen) atoms. The van der Waals surface area contributed by atoms with Gasteiger partial charge in [0.25, 0.3) is 0 Å². The molecule has 2 N–H and O–H groups in total. The van der Waals surface area contributed by atoms with E-state index in [1.807, 2.05) is 0 Å². The number of hydrogen-bond acceptors (Lipinski definition) is 5. The molecule has 2 aromatic rings. The number of rotatable bonds is 6. The first-order valence-electron chi connectivity index (χ1n) is 6.20. The number of aromatic nitrogens is 3. The van der Waals surface area contributed by atoms with Gasteiger partial charge in [-0.2, -0.15) is 10.1 Å². The van der Waals surface area contributed by atoms with Gasteiger partial charge in [-0.1, -0.05) is 19.1 Å². The van der Waals surface area contributed by atoms with Crippen molar-refractivity contribution in [3.8, 4) is 0 Å². The molecule has 0 atom stereocenters. The lowest BCUT2D eigenvalue weighted by atomic mass is 10.2. The molecule has 0 fully saturated rings. The van der Waals surface area contributed by atoms with Crippen LogP contribution in [0.4, 0.5) is 16.2 Å². The molecule has 0 amide bonds. The lowest BCUT2D eigenvalue weighted by Gasteiger charge is -2.06. The van der Waals surface area contributed by atoms with E-state index >= 15 is 0 Å². The first-order chi connectivity index (χ1) is 9.28. The molecule has 0 spiro atoms. The Kier molecular flexibility index (Phi) is 4.60. The third kappa shape index (κ3) is 4.17. The third-order valence-electron chi connectivity index (χ3n) is 2.48. The van der Waals surface area contributed by atoms with Gasteiger partial charge >= 0.3 is 0 Å². The van der Waals surface area contributed by atoms with Crippen molar-refractivity contribution in [1.29, 1.82) is 0 Å². The highest BCUT2D eigenvalue weighted by Crippen LogP contribution is 2.07. The molecule has 0 saturated heterocycles. The minimum Gasteiger partial charge on any atom is -0.369 e. The summed E-state index contributed by atoms with van der Waals surface area (Å²) in [4.78, 5) is 4.27. The number of halogens is 1. The molecular weight excluding hydrogens is 245 g/mol. The van der Waals surface area contributed by atoms with Crippen molar-refractivity contribution in [3.05, 3.63) is 41.8 Å². The first kappa shape index (κ1) is 13.2. The average Bonchev–Trinajstić information content (AvgIpc) is 2.45. The number of benzene rings is 1. The highest BCUT2D eigenvalue weighted by Gasteiger charge is 2.00. The van der Waals surface area contributed by atoms with Crippen LogP contribution in [0, 0.1) is 5.82 Å². The highest BCUT2D eigenvalue weighted by molar-refractivity contribution is 5.37. The van der Waals surface area contributed by atoms with E-state index in [-0.39, 0.29) is 5.82 Å². The summed E-state index contributed by atoms with van der Waals surface area (Å²) in [5.41, 5.74) is 0.955. The minimum atomic E-state index is -0.243. The quantitative estimate of drug-likeness (QED) is 0.836. The van der Waals surface area contributed by atoms with Crippen molar-refractivity contribution >= 4 is 11.8 Å². The summed E-state index contributed by atoms with van der Waals surface area (Å²) in [5.74, 6) is 0.899. The molecule has 0 aliphatic rings. The van der Waals surface area contributed by atoms with Gasteiger partial charge in [-0.3, -0.25) is 0 Å². The zero-order valence-electron chi connectivity index (χ0n) is 10.7. The average molecular weight is 261 g/mol. The molecule has 0 unspecified atom stereocenters. The van der Waals surface area contributed by atoms with Crippen LogP contribution in [0.25, 0.3) is 0 Å². The Morgan fingerprint density at radius 2 is 1.95 bits per heavy atom. The third-order valence-corrected chi connectivity index (χ3v) is 2.48. The molecule has 100 valence electrons. The summed E-state index contributed by atoms with van der Waals surface area (Å²) >= 11 is 0. The largest absolute Gasteiger partial charge is 0.369 e. The van der Waals surface area contributed by atoms with Crippen LogP contribution in [0.3, 0.4) is 0 Å². The summed E-state index contributed by atoms with van der Waals surface area (Å²) in [6.45, 7) is 3.45. The Bertz CT molecular complexity index is 515. The second-order valence-corrected chi connectivity index (χ2v) is 4.07. The molecule has 5 nitrogen and oxygen atoms in total. The first-order valence-corrected chi connectivity index (χ1v) is 6.20. The van der Waals surface area contributed by atoms with Crippen LogP contribution in [0.5, 0.6) is 0 Å². The van der Waals surface area contributed by atoms with E-state index in [0.29, 0.717) is 18.3 Å². The fourth-order valence-electron chi connectivity index (χ4n) is 1.50. The molecule has 1 heterocycles. The second kappa shape index (κ2) is 6.63. The van der Waals surface area contributed by atoms with Gasteiger partial charge in [0, 0.05) is 13.1 Å². The van der Waals surface area contributed by atoms with Crippen LogP contribution in [-0.2, 0) is 6.54 Å². The monoisotopic (exact) mass is 261 g/mol. The Balaban J connectivity index is 1.93. The van der Waals surface area contributed by atoms with Gasteiger partial charge in [-0.05, 0) is 24.1 Å². The second-order valence-electron chi connectivity index (χ2n) is 4.07. The summed E-state index contributed by atoms with van der Waals surface area (Å²) in [6.07, 6.45) is 2.60. The maximum absolute atomic E-state index is 12.8. The predicted octanol–water partition coefficient (Wildman–Crippen LogP) is 2.44. The molecule has 1 aromatic heterocycles. The van der Waals surface area contributed by atoms with Crippen LogP contribution in [0.15, 0.2) is 30.5 Å². The van der Waals surface area contributed by atoms with Gasteiger partial charge in [0.2, 0.25) is 5.95 Å². The van der Waals surface area contributed by atoms with Gasteiger partial charge in [0.05, 0.1) is 6.20 Å². The van der Waals surface area contributed by atoms with Gasteiger partial charge < -0.3 is 10.6 Å². The van der Waals surface area contributed by atoms with Gasteiger partial charge in [-0.25, -0.2) is 4.39 Å². The van der Waals surface area contributed by atoms with E-state index in [2.05, 4.69) is 32.7 Å². The van der Waals surface area contributed by atoms with Crippen LogP contribution in [0.2, 0.25) is 0 Å². The summed E-state index contributed by atoms with van der Waals surface area (Å²) in [7, 11) is 0. The Hall–Kier alpha value is -2.24. The van der Waals surface area contributed by atoms with Crippen molar-refractivity contribution in [2.24, 2.45) is 0 Å². The Labute approximate surface area is 111 Å². The molecule has 2 rings (SSSR count). The Morgan fingerprint density at radius 1 is 1.16 bits per heavy atom. The number of anilines is 2. The van der Waals surface area contributed by atoms with E-state index < -0.39 is 0 Å². The van der Waals surface area contributed by atoms with Crippen molar-refractivity contribution in [1.82, 2.24) is 15.2 Å². The van der Waals surface area contributed by atoms with Crippen molar-refractivity contribution in [2.45, 2.75) is 19.9 Å². The zero-order chi connectivity index (χ0) is 13.5. The van der Waals surface area contributed by atoms with Crippen molar-refractivity contribution < 1.29 is 4.39 Å². The number of hydrogen-bond donors (Lipinski definition) is 2. The SMILES string of the molecule is CCCNc1cnnc(NCc2ccc(F)cc2)n1. The molecule has 0 aliphatic heterocycles. The Morgan fingerprint density at radius 3 is 2.68 bits per heavy atom. The molecule has 1 aromatic carbocycles. The van der Waals surface area contributed by atoms with E-state index in [1.54, 1.807) is 18.3 Å². The lowest BCUT2D eigenvalue weighted by molar-refractivity contribution is 0.627. The van der Waals surface area contributed by atoms with Crippen molar-refractivity contribution in [2.75, 3.05) is 17.2 Å². The van der Waals surface area contributed by atoms with Gasteiger partial charge in [0.15, 0.2) is 0 Å². The van der Waals surface area contributed by atoms with Crippen LogP contribution in [-0.4, -0.2) is 21.7 Å². The van der Waals surface area contributed by atoms with Crippen LogP contribution >= 0.6 is 0 Å². The fourth-order valence-corrected chi connectivity index (χ4v) is 1.50. The van der Waals surface area contributed by atoms with Crippen LogP contribution < -0.4 is 10.6 Å². The molecule has 0 bridgehead atoms. The van der Waals surface area contributed by atoms with Crippen LogP contribution in [0.1, 0.15) is 18.9 Å². The molecule has 0 aliphatic carbocycles. The van der Waals surface area contributed by atoms with Gasteiger partial charge in [-0.15, -0.1) is 5.10 Å². The summed E-state index contributed by atoms with van der Waals surface area (Å²) in [6, 6.07) is 6.29. The van der Waals surface area contributed by atoms with Gasteiger partial charge in [0.1, 0.15) is 11.6 Å². The molecule has 6 heteroatoms. The normalized spacial score (nSPS) is 10.2. The molecule has 0 radical (unpaired) electrons. The summed E-state index contributed by atoms with van der Waals surface area (Å²) in [5, 5.41) is 13.9. The van der Waals surface area contributed by atoms with E-state index in [0.717, 1.165) is 18.5 Å². The smallest absolute Gasteiger partial charge is 0.244 e. The maximum atomic E-state index is 12.8. The van der Waals surface area contributed by atoms with E-state index in [4.69, 9.17) is 0 Å². The van der Waals surface area contributed by atoms with E-state index in [1.165, 1.54) is 12.1 Å². The topological polar surface area (TPSA) is 62.7 Å². The molecule has 0 saturated carbocycles. The predicted molar refractivity (Wildman–Crippen MR) is 72.3 cm³/mol. The minimum absolute atomic E-state index is 0.243. The number of nitrogens with zero attached hydrogens (tertiary/aromatic N) is 3. The van der Waals surface area contributed by atoms with E-state index in [9.17, 15) is 4.39 Å². The standard InChI is InChI=1S/C13H16FN5/c1-2-7-15-12-9-17-19-13(18-12)16-8-10-3-5-11(14)6-4-10/h3-6,9H,2,7-8H2,1H3,(H2,15,16,18,19). The lowest BCUT2D eigenvalue weighted by Crippen LogP contribution is -2.08. The number of nitrogens with one attached hydrogen (secondary N) is 2.